The highest BCUT2D eigenvalue weighted by Crippen LogP contribution is 2.16. The summed E-state index contributed by atoms with van der Waals surface area (Å²) in [6.45, 7) is 3.08. The topological polar surface area (TPSA) is 64.7 Å². The van der Waals surface area contributed by atoms with Gasteiger partial charge in [-0.1, -0.05) is 29.8 Å². The molecule has 7 heteroatoms. The largest absolute Gasteiger partial charge is 0.348 e. The number of hydrogen-bond donors (Lipinski definition) is 1. The molecule has 124 valence electrons. The summed E-state index contributed by atoms with van der Waals surface area (Å²) in [7, 11) is 0. The van der Waals surface area contributed by atoms with Crippen LogP contribution in [0.1, 0.15) is 22.8 Å². The molecule has 3 rings (SSSR count). The van der Waals surface area contributed by atoms with Gasteiger partial charge in [-0.25, -0.2) is 0 Å². The summed E-state index contributed by atoms with van der Waals surface area (Å²) in [6.07, 6.45) is 6.86. The summed E-state index contributed by atoms with van der Waals surface area (Å²) in [5.41, 5.74) is 1.48. The van der Waals surface area contributed by atoms with Gasteiger partial charge < -0.3 is 5.32 Å². The van der Waals surface area contributed by atoms with Crippen molar-refractivity contribution in [1.29, 1.82) is 0 Å². The van der Waals surface area contributed by atoms with E-state index in [1.807, 2.05) is 43.5 Å². The van der Waals surface area contributed by atoms with Crippen LogP contribution in [-0.2, 0) is 13.1 Å². The number of carbonyl (C=O) groups excluding carboxylic acids is 1. The zero-order valence-electron chi connectivity index (χ0n) is 13.3. The van der Waals surface area contributed by atoms with E-state index in [1.54, 1.807) is 28.0 Å². The summed E-state index contributed by atoms with van der Waals surface area (Å²) < 4.78 is 3.49. The van der Waals surface area contributed by atoms with Crippen molar-refractivity contribution in [2.24, 2.45) is 0 Å². The Morgan fingerprint density at radius 2 is 2.08 bits per heavy atom. The Labute approximate surface area is 145 Å². The van der Waals surface area contributed by atoms with Crippen LogP contribution in [0.4, 0.5) is 0 Å². The highest BCUT2D eigenvalue weighted by molar-refractivity contribution is 6.31. The number of amides is 1. The van der Waals surface area contributed by atoms with Gasteiger partial charge >= 0.3 is 0 Å². The molecule has 1 aromatic carbocycles. The molecule has 24 heavy (non-hydrogen) atoms. The lowest BCUT2D eigenvalue weighted by atomic mass is 10.2. The van der Waals surface area contributed by atoms with Crippen LogP contribution in [-0.4, -0.2) is 31.5 Å². The third-order valence-electron chi connectivity index (χ3n) is 3.58. The smallest absolute Gasteiger partial charge is 0.254 e. The lowest BCUT2D eigenvalue weighted by Gasteiger charge is -2.13. The average Bonchev–Trinajstić information content (AvgIpc) is 3.21. The van der Waals surface area contributed by atoms with E-state index >= 15 is 0 Å². The molecule has 0 saturated heterocycles. The first-order valence-corrected chi connectivity index (χ1v) is 8.04. The minimum atomic E-state index is -0.153. The number of aromatic nitrogens is 4. The van der Waals surface area contributed by atoms with E-state index < -0.39 is 0 Å². The summed E-state index contributed by atoms with van der Waals surface area (Å²) in [4.78, 5) is 12.3. The zero-order chi connectivity index (χ0) is 16.9. The second-order valence-corrected chi connectivity index (χ2v) is 6.03. The second kappa shape index (κ2) is 7.31. The van der Waals surface area contributed by atoms with Crippen molar-refractivity contribution < 1.29 is 4.79 Å². The molecule has 0 radical (unpaired) electrons. The molecule has 0 fully saturated rings. The zero-order valence-corrected chi connectivity index (χ0v) is 14.0. The molecular weight excluding hydrogens is 326 g/mol. The lowest BCUT2D eigenvalue weighted by molar-refractivity contribution is 0.0936. The standard InChI is InChI=1S/C17H18ClN5O/c1-13(10-22-8-4-7-19-22)21-17(24)15-9-20-23(12-15)11-14-5-2-3-6-16(14)18/h2-9,12-13H,10-11H2,1H3,(H,21,24)/t13-/m0/s1. The number of hydrogen-bond acceptors (Lipinski definition) is 3. The van der Waals surface area contributed by atoms with Gasteiger partial charge in [0.15, 0.2) is 0 Å². The number of carbonyl (C=O) groups is 1. The van der Waals surface area contributed by atoms with Crippen LogP contribution in [0, 0.1) is 0 Å². The van der Waals surface area contributed by atoms with Crippen molar-refractivity contribution in [3.63, 3.8) is 0 Å². The third kappa shape index (κ3) is 4.02. The molecular formula is C17H18ClN5O. The lowest BCUT2D eigenvalue weighted by Crippen LogP contribution is -2.35. The number of benzene rings is 1. The van der Waals surface area contributed by atoms with Gasteiger partial charge in [0.1, 0.15) is 0 Å². The first-order valence-electron chi connectivity index (χ1n) is 7.66. The van der Waals surface area contributed by atoms with Crippen molar-refractivity contribution in [3.8, 4) is 0 Å². The molecule has 0 spiro atoms. The van der Waals surface area contributed by atoms with Gasteiger partial charge in [-0.05, 0) is 24.6 Å². The Morgan fingerprint density at radius 3 is 2.83 bits per heavy atom. The van der Waals surface area contributed by atoms with Crippen molar-refractivity contribution >= 4 is 17.5 Å². The molecule has 1 N–H and O–H groups in total. The van der Waals surface area contributed by atoms with E-state index in [9.17, 15) is 4.79 Å². The summed E-state index contributed by atoms with van der Waals surface area (Å²) >= 11 is 6.15. The summed E-state index contributed by atoms with van der Waals surface area (Å²) in [5, 5.41) is 12.0. The normalized spacial score (nSPS) is 12.1. The summed E-state index contributed by atoms with van der Waals surface area (Å²) in [6, 6.07) is 9.41. The Bertz CT molecular complexity index is 812. The molecule has 0 saturated carbocycles. The predicted octanol–water partition coefficient (Wildman–Crippen LogP) is 2.60. The molecule has 3 aromatic rings. The second-order valence-electron chi connectivity index (χ2n) is 5.62. The van der Waals surface area contributed by atoms with Crippen molar-refractivity contribution in [1.82, 2.24) is 24.9 Å². The molecule has 0 unspecified atom stereocenters. The fraction of sp³-hybridized carbons (Fsp3) is 0.235. The van der Waals surface area contributed by atoms with Gasteiger partial charge in [0.25, 0.3) is 5.91 Å². The Kier molecular flexibility index (Phi) is 4.96. The van der Waals surface area contributed by atoms with Crippen molar-refractivity contribution in [3.05, 3.63) is 71.3 Å². The van der Waals surface area contributed by atoms with Crippen molar-refractivity contribution in [2.45, 2.75) is 26.1 Å². The molecule has 1 amide bonds. The first-order chi connectivity index (χ1) is 11.6. The average molecular weight is 344 g/mol. The molecule has 2 heterocycles. The Hall–Kier alpha value is -2.60. The fourth-order valence-corrected chi connectivity index (χ4v) is 2.61. The maximum absolute atomic E-state index is 12.3. The van der Waals surface area contributed by atoms with Crippen LogP contribution < -0.4 is 5.32 Å². The van der Waals surface area contributed by atoms with Crippen LogP contribution in [0.25, 0.3) is 0 Å². The maximum atomic E-state index is 12.3. The molecule has 1 atom stereocenters. The maximum Gasteiger partial charge on any atom is 0.254 e. The Balaban J connectivity index is 1.60. The molecule has 0 aliphatic heterocycles. The van der Waals surface area contributed by atoms with Gasteiger partial charge in [-0.3, -0.25) is 14.2 Å². The van der Waals surface area contributed by atoms with Crippen LogP contribution in [0.3, 0.4) is 0 Å². The number of halogens is 1. The minimum Gasteiger partial charge on any atom is -0.348 e. The van der Waals surface area contributed by atoms with E-state index in [0.717, 1.165) is 5.56 Å². The quantitative estimate of drug-likeness (QED) is 0.748. The molecule has 0 aliphatic rings. The van der Waals surface area contributed by atoms with Crippen LogP contribution in [0.15, 0.2) is 55.1 Å². The molecule has 0 bridgehead atoms. The molecule has 0 aliphatic carbocycles. The predicted molar refractivity (Wildman–Crippen MR) is 91.9 cm³/mol. The van der Waals surface area contributed by atoms with E-state index in [-0.39, 0.29) is 11.9 Å². The number of rotatable bonds is 6. The SMILES string of the molecule is C[C@@H](Cn1cccn1)NC(=O)c1cnn(Cc2ccccc2Cl)c1. The van der Waals surface area contributed by atoms with Crippen LogP contribution in [0.5, 0.6) is 0 Å². The van der Waals surface area contributed by atoms with Crippen molar-refractivity contribution in [2.75, 3.05) is 0 Å². The van der Waals surface area contributed by atoms with Gasteiger partial charge in [-0.2, -0.15) is 10.2 Å². The van der Waals surface area contributed by atoms with Gasteiger partial charge in [-0.15, -0.1) is 0 Å². The van der Waals surface area contributed by atoms with Gasteiger partial charge in [0, 0.05) is 29.7 Å². The first kappa shape index (κ1) is 16.3. The molecule has 2 aromatic heterocycles. The van der Waals surface area contributed by atoms with Gasteiger partial charge in [0.05, 0.1) is 24.8 Å². The van der Waals surface area contributed by atoms with E-state index in [2.05, 4.69) is 15.5 Å². The van der Waals surface area contributed by atoms with Crippen LogP contribution in [0.2, 0.25) is 5.02 Å². The minimum absolute atomic E-state index is 0.0377. The van der Waals surface area contributed by atoms with Crippen LogP contribution >= 0.6 is 11.6 Å². The fourth-order valence-electron chi connectivity index (χ4n) is 2.41. The Morgan fingerprint density at radius 1 is 1.25 bits per heavy atom. The summed E-state index contributed by atoms with van der Waals surface area (Å²) in [5.74, 6) is -0.153. The van der Waals surface area contributed by atoms with E-state index in [1.165, 1.54) is 0 Å². The van der Waals surface area contributed by atoms with E-state index in [4.69, 9.17) is 11.6 Å². The number of nitrogens with one attached hydrogen (secondary N) is 1. The monoisotopic (exact) mass is 343 g/mol. The highest BCUT2D eigenvalue weighted by atomic mass is 35.5. The molecule has 6 nitrogen and oxygen atoms in total. The highest BCUT2D eigenvalue weighted by Gasteiger charge is 2.13. The third-order valence-corrected chi connectivity index (χ3v) is 3.95. The van der Waals surface area contributed by atoms with Gasteiger partial charge in [0.2, 0.25) is 0 Å². The van der Waals surface area contributed by atoms with E-state index in [0.29, 0.717) is 23.7 Å². The number of nitrogens with zero attached hydrogens (tertiary/aromatic N) is 4.